The third kappa shape index (κ3) is 1.52. The highest BCUT2D eigenvalue weighted by Crippen LogP contribution is 2.32. The van der Waals surface area contributed by atoms with Gasteiger partial charge in [-0.2, -0.15) is 0 Å². The summed E-state index contributed by atoms with van der Waals surface area (Å²) in [6.07, 6.45) is 2.47. The van der Waals surface area contributed by atoms with Crippen LogP contribution in [0.5, 0.6) is 0 Å². The molecule has 84 valence electrons. The summed E-state index contributed by atoms with van der Waals surface area (Å²) in [6, 6.07) is 8.18. The van der Waals surface area contributed by atoms with E-state index in [1.165, 1.54) is 0 Å². The SMILES string of the molecule is CCC1OCCC1c1nc2ccccc2[nH]1. The van der Waals surface area contributed by atoms with Gasteiger partial charge in [0.15, 0.2) is 0 Å². The van der Waals surface area contributed by atoms with Gasteiger partial charge in [-0.05, 0) is 25.0 Å². The quantitative estimate of drug-likeness (QED) is 0.838. The minimum Gasteiger partial charge on any atom is -0.377 e. The van der Waals surface area contributed by atoms with E-state index >= 15 is 0 Å². The molecular formula is C13H16N2O. The second kappa shape index (κ2) is 3.91. The average molecular weight is 216 g/mol. The van der Waals surface area contributed by atoms with Gasteiger partial charge < -0.3 is 9.72 Å². The van der Waals surface area contributed by atoms with Crippen LogP contribution in [0.1, 0.15) is 31.5 Å². The number of nitrogens with one attached hydrogen (secondary N) is 1. The van der Waals surface area contributed by atoms with Gasteiger partial charge in [0.05, 0.1) is 17.1 Å². The van der Waals surface area contributed by atoms with E-state index in [0.29, 0.717) is 12.0 Å². The summed E-state index contributed by atoms with van der Waals surface area (Å²) in [6.45, 7) is 3.03. The number of ether oxygens (including phenoxy) is 1. The van der Waals surface area contributed by atoms with Gasteiger partial charge in [-0.1, -0.05) is 19.1 Å². The fourth-order valence-corrected chi connectivity index (χ4v) is 2.51. The highest BCUT2D eigenvalue weighted by Gasteiger charge is 2.30. The Hall–Kier alpha value is -1.35. The van der Waals surface area contributed by atoms with Crippen molar-refractivity contribution < 1.29 is 4.74 Å². The van der Waals surface area contributed by atoms with Crippen molar-refractivity contribution >= 4 is 11.0 Å². The lowest BCUT2D eigenvalue weighted by atomic mass is 9.99. The van der Waals surface area contributed by atoms with E-state index in [0.717, 1.165) is 36.3 Å². The second-order valence-corrected chi connectivity index (χ2v) is 4.35. The molecular weight excluding hydrogens is 200 g/mol. The monoisotopic (exact) mass is 216 g/mol. The number of hydrogen-bond donors (Lipinski definition) is 1. The van der Waals surface area contributed by atoms with Gasteiger partial charge in [-0.3, -0.25) is 0 Å². The van der Waals surface area contributed by atoms with E-state index in [9.17, 15) is 0 Å². The molecule has 1 aromatic heterocycles. The van der Waals surface area contributed by atoms with Crippen molar-refractivity contribution in [1.82, 2.24) is 9.97 Å². The fraction of sp³-hybridized carbons (Fsp3) is 0.462. The van der Waals surface area contributed by atoms with Crippen molar-refractivity contribution in [2.75, 3.05) is 6.61 Å². The second-order valence-electron chi connectivity index (χ2n) is 4.35. The number of aromatic amines is 1. The largest absolute Gasteiger partial charge is 0.377 e. The molecule has 0 radical (unpaired) electrons. The maximum Gasteiger partial charge on any atom is 0.113 e. The Morgan fingerprint density at radius 2 is 2.31 bits per heavy atom. The van der Waals surface area contributed by atoms with Gasteiger partial charge in [-0.15, -0.1) is 0 Å². The smallest absolute Gasteiger partial charge is 0.113 e. The highest BCUT2D eigenvalue weighted by atomic mass is 16.5. The predicted octanol–water partition coefficient (Wildman–Crippen LogP) is 2.85. The van der Waals surface area contributed by atoms with Crippen molar-refractivity contribution in [2.45, 2.75) is 31.8 Å². The van der Waals surface area contributed by atoms with Crippen LogP contribution in [0.3, 0.4) is 0 Å². The zero-order valence-electron chi connectivity index (χ0n) is 9.44. The number of nitrogens with zero attached hydrogens (tertiary/aromatic N) is 1. The third-order valence-corrected chi connectivity index (χ3v) is 3.37. The number of imidazole rings is 1. The maximum absolute atomic E-state index is 5.71. The van der Waals surface area contributed by atoms with E-state index < -0.39 is 0 Å². The molecule has 1 aliphatic heterocycles. The van der Waals surface area contributed by atoms with Crippen LogP contribution in [0.2, 0.25) is 0 Å². The Bertz CT molecular complexity index is 458. The first-order valence-electron chi connectivity index (χ1n) is 5.94. The van der Waals surface area contributed by atoms with E-state index in [1.54, 1.807) is 0 Å². The van der Waals surface area contributed by atoms with Gasteiger partial charge in [0, 0.05) is 12.5 Å². The van der Waals surface area contributed by atoms with Gasteiger partial charge in [0.2, 0.25) is 0 Å². The zero-order chi connectivity index (χ0) is 11.0. The normalized spacial score (nSPS) is 25.3. The molecule has 1 aliphatic rings. The van der Waals surface area contributed by atoms with Crippen LogP contribution < -0.4 is 0 Å². The van der Waals surface area contributed by atoms with E-state index in [2.05, 4.69) is 23.0 Å². The van der Waals surface area contributed by atoms with Crippen LogP contribution in [0.15, 0.2) is 24.3 Å². The molecule has 2 aromatic rings. The standard InChI is InChI=1S/C13H16N2O/c1-2-12-9(7-8-16-12)13-14-10-5-3-4-6-11(10)15-13/h3-6,9,12H,2,7-8H2,1H3,(H,14,15). The molecule has 3 rings (SSSR count). The first-order chi connectivity index (χ1) is 7.88. The first-order valence-corrected chi connectivity index (χ1v) is 5.94. The summed E-state index contributed by atoms with van der Waals surface area (Å²) in [5.41, 5.74) is 2.18. The van der Waals surface area contributed by atoms with Crippen LogP contribution in [0, 0.1) is 0 Å². The number of rotatable bonds is 2. The van der Waals surface area contributed by atoms with Crippen molar-refractivity contribution in [1.29, 1.82) is 0 Å². The molecule has 0 spiro atoms. The molecule has 2 unspecified atom stereocenters. The van der Waals surface area contributed by atoms with E-state index in [-0.39, 0.29) is 0 Å². The van der Waals surface area contributed by atoms with Crippen molar-refractivity contribution in [3.05, 3.63) is 30.1 Å². The average Bonchev–Trinajstić information content (AvgIpc) is 2.94. The van der Waals surface area contributed by atoms with Gasteiger partial charge in [0.25, 0.3) is 0 Å². The zero-order valence-corrected chi connectivity index (χ0v) is 9.44. The Morgan fingerprint density at radius 1 is 1.44 bits per heavy atom. The Kier molecular flexibility index (Phi) is 2.40. The molecule has 0 bridgehead atoms. The van der Waals surface area contributed by atoms with Gasteiger partial charge in [0.1, 0.15) is 5.82 Å². The predicted molar refractivity (Wildman–Crippen MR) is 63.5 cm³/mol. The van der Waals surface area contributed by atoms with E-state index in [4.69, 9.17) is 4.74 Å². The number of hydrogen-bond acceptors (Lipinski definition) is 2. The number of aromatic nitrogens is 2. The minimum atomic E-state index is 0.334. The number of fused-ring (bicyclic) bond motifs is 1. The lowest BCUT2D eigenvalue weighted by molar-refractivity contribution is 0.0996. The Morgan fingerprint density at radius 3 is 3.12 bits per heavy atom. The molecule has 0 saturated carbocycles. The fourth-order valence-electron chi connectivity index (χ4n) is 2.51. The number of para-hydroxylation sites is 2. The lowest BCUT2D eigenvalue weighted by Crippen LogP contribution is -2.13. The topological polar surface area (TPSA) is 37.9 Å². The molecule has 1 fully saturated rings. The van der Waals surface area contributed by atoms with Crippen molar-refractivity contribution in [3.8, 4) is 0 Å². The molecule has 1 aromatic carbocycles. The highest BCUT2D eigenvalue weighted by molar-refractivity contribution is 5.74. The van der Waals surface area contributed by atoms with Crippen LogP contribution >= 0.6 is 0 Å². The summed E-state index contributed by atoms with van der Waals surface area (Å²) in [4.78, 5) is 8.07. The molecule has 16 heavy (non-hydrogen) atoms. The first kappa shape index (κ1) is 9.85. The van der Waals surface area contributed by atoms with Gasteiger partial charge >= 0.3 is 0 Å². The molecule has 0 amide bonds. The molecule has 3 nitrogen and oxygen atoms in total. The summed E-state index contributed by atoms with van der Waals surface area (Å²) < 4.78 is 5.71. The lowest BCUT2D eigenvalue weighted by Gasteiger charge is -2.13. The molecule has 0 aliphatic carbocycles. The summed E-state index contributed by atoms with van der Waals surface area (Å²) in [7, 11) is 0. The number of H-pyrrole nitrogens is 1. The molecule has 2 atom stereocenters. The molecule has 1 saturated heterocycles. The van der Waals surface area contributed by atoms with Gasteiger partial charge in [-0.25, -0.2) is 4.98 Å². The maximum atomic E-state index is 5.71. The van der Waals surface area contributed by atoms with Crippen LogP contribution in [0.25, 0.3) is 11.0 Å². The van der Waals surface area contributed by atoms with Crippen LogP contribution in [0.4, 0.5) is 0 Å². The molecule has 2 heterocycles. The summed E-state index contributed by atoms with van der Waals surface area (Å²) >= 11 is 0. The van der Waals surface area contributed by atoms with Crippen LogP contribution in [-0.4, -0.2) is 22.7 Å². The Labute approximate surface area is 94.8 Å². The molecule has 3 heteroatoms. The number of benzene rings is 1. The third-order valence-electron chi connectivity index (χ3n) is 3.37. The van der Waals surface area contributed by atoms with E-state index in [1.807, 2.05) is 18.2 Å². The van der Waals surface area contributed by atoms with Crippen molar-refractivity contribution in [2.24, 2.45) is 0 Å². The Balaban J connectivity index is 1.99. The van der Waals surface area contributed by atoms with Crippen LogP contribution in [-0.2, 0) is 4.74 Å². The minimum absolute atomic E-state index is 0.334. The molecule has 1 N–H and O–H groups in total. The summed E-state index contributed by atoms with van der Waals surface area (Å²) in [5, 5.41) is 0. The summed E-state index contributed by atoms with van der Waals surface area (Å²) in [5.74, 6) is 1.53. The van der Waals surface area contributed by atoms with Crippen molar-refractivity contribution in [3.63, 3.8) is 0 Å².